The van der Waals surface area contributed by atoms with Gasteiger partial charge in [0.05, 0.1) is 23.7 Å². The molecule has 0 amide bonds. The fourth-order valence-electron chi connectivity index (χ4n) is 1.86. The third-order valence-corrected chi connectivity index (χ3v) is 2.94. The summed E-state index contributed by atoms with van der Waals surface area (Å²) in [5.74, 6) is -0.506. The number of benzene rings is 2. The number of aliphatic imine (C=N–C) groups is 1. The van der Waals surface area contributed by atoms with E-state index in [1.54, 1.807) is 13.8 Å². The first kappa shape index (κ1) is 16.4. The van der Waals surface area contributed by atoms with Crippen molar-refractivity contribution in [2.24, 2.45) is 10.1 Å². The molecule has 0 atom stereocenters. The minimum atomic E-state index is -0.506. The molecule has 2 aromatic carbocycles. The molecule has 0 aliphatic rings. The normalized spacial score (nSPS) is 11.9. The Labute approximate surface area is 135 Å². The molecule has 0 bridgehead atoms. The number of hydrogen-bond acceptors (Lipinski definition) is 5. The van der Waals surface area contributed by atoms with Crippen molar-refractivity contribution in [3.63, 3.8) is 0 Å². The van der Waals surface area contributed by atoms with Gasteiger partial charge in [0, 0.05) is 0 Å². The van der Waals surface area contributed by atoms with E-state index >= 15 is 0 Å². The van der Waals surface area contributed by atoms with Crippen molar-refractivity contribution in [2.75, 3.05) is 12.0 Å². The summed E-state index contributed by atoms with van der Waals surface area (Å²) < 4.78 is 5.06. The van der Waals surface area contributed by atoms with Crippen LogP contribution in [0.2, 0.25) is 0 Å². The fourth-order valence-corrected chi connectivity index (χ4v) is 1.86. The number of ether oxygens (including phenoxy) is 1. The van der Waals surface area contributed by atoms with Crippen LogP contribution in [0.1, 0.15) is 13.8 Å². The minimum Gasteiger partial charge on any atom is -0.461 e. The van der Waals surface area contributed by atoms with Crippen LogP contribution in [0.3, 0.4) is 0 Å². The topological polar surface area (TPSA) is 63.0 Å². The zero-order chi connectivity index (χ0) is 16.5. The number of carbonyl (C=O) groups is 1. The van der Waals surface area contributed by atoms with Gasteiger partial charge in [0.2, 0.25) is 0 Å². The summed E-state index contributed by atoms with van der Waals surface area (Å²) in [4.78, 5) is 16.5. The minimum absolute atomic E-state index is 0.152. The van der Waals surface area contributed by atoms with Gasteiger partial charge in [-0.2, -0.15) is 5.10 Å². The van der Waals surface area contributed by atoms with E-state index in [0.717, 1.165) is 11.4 Å². The Balaban J connectivity index is 2.26. The number of esters is 1. The van der Waals surface area contributed by atoms with E-state index in [1.165, 1.54) is 0 Å². The van der Waals surface area contributed by atoms with Crippen LogP contribution in [0.15, 0.2) is 70.8 Å². The molecule has 2 aromatic rings. The predicted molar refractivity (Wildman–Crippen MR) is 93.3 cm³/mol. The first-order valence-electron chi connectivity index (χ1n) is 7.37. The number of hydrazone groups is 1. The van der Waals surface area contributed by atoms with E-state index < -0.39 is 5.97 Å². The van der Waals surface area contributed by atoms with Crippen LogP contribution in [0.5, 0.6) is 0 Å². The Morgan fingerprint density at radius 1 is 1.04 bits per heavy atom. The van der Waals surface area contributed by atoms with Crippen LogP contribution < -0.4 is 5.43 Å². The highest BCUT2D eigenvalue weighted by Crippen LogP contribution is 2.11. The van der Waals surface area contributed by atoms with E-state index in [9.17, 15) is 4.79 Å². The molecule has 2 rings (SSSR count). The van der Waals surface area contributed by atoms with Crippen molar-refractivity contribution in [2.45, 2.75) is 13.8 Å². The first-order chi connectivity index (χ1) is 11.2. The van der Waals surface area contributed by atoms with Crippen LogP contribution >= 0.6 is 0 Å². The number of rotatable bonds is 6. The molecule has 1 N–H and O–H groups in total. The van der Waals surface area contributed by atoms with Crippen molar-refractivity contribution < 1.29 is 9.53 Å². The molecule has 118 valence electrons. The van der Waals surface area contributed by atoms with Gasteiger partial charge in [-0.25, -0.2) is 4.79 Å². The predicted octanol–water partition coefficient (Wildman–Crippen LogP) is 3.81. The Morgan fingerprint density at radius 2 is 1.65 bits per heavy atom. The standard InChI is InChI=1S/C18H19N3O2/c1-3-23-18(22)17(21-20-16-12-8-5-9-13-16)14(2)19-15-10-6-4-7-11-15/h4-13,20H,3H2,1-2H3. The zero-order valence-corrected chi connectivity index (χ0v) is 13.2. The summed E-state index contributed by atoms with van der Waals surface area (Å²) in [6.07, 6.45) is 0. The average Bonchev–Trinajstić information content (AvgIpc) is 2.57. The summed E-state index contributed by atoms with van der Waals surface area (Å²) in [6, 6.07) is 18.8. The highest BCUT2D eigenvalue weighted by molar-refractivity contribution is 6.65. The SMILES string of the molecule is CCOC(=O)C(=NNc1ccccc1)C(C)=Nc1ccccc1. The van der Waals surface area contributed by atoms with Crippen molar-refractivity contribution in [3.05, 3.63) is 60.7 Å². The lowest BCUT2D eigenvalue weighted by Crippen LogP contribution is -2.25. The second kappa shape index (κ2) is 8.48. The maximum atomic E-state index is 12.1. The molecule has 0 saturated carbocycles. The molecule has 0 radical (unpaired) electrons. The molecule has 0 aromatic heterocycles. The van der Waals surface area contributed by atoms with Gasteiger partial charge in [-0.1, -0.05) is 36.4 Å². The van der Waals surface area contributed by atoms with Gasteiger partial charge in [-0.3, -0.25) is 10.4 Å². The Morgan fingerprint density at radius 3 is 2.26 bits per heavy atom. The molecule has 0 unspecified atom stereocenters. The molecule has 5 nitrogen and oxygen atoms in total. The third kappa shape index (κ3) is 5.07. The van der Waals surface area contributed by atoms with Crippen molar-refractivity contribution in [3.8, 4) is 0 Å². The van der Waals surface area contributed by atoms with E-state index in [1.807, 2.05) is 60.7 Å². The zero-order valence-electron chi connectivity index (χ0n) is 13.2. The van der Waals surface area contributed by atoms with Crippen LogP contribution in [0.25, 0.3) is 0 Å². The maximum Gasteiger partial charge on any atom is 0.360 e. The maximum absolute atomic E-state index is 12.1. The van der Waals surface area contributed by atoms with Crippen molar-refractivity contribution in [1.29, 1.82) is 0 Å². The highest BCUT2D eigenvalue weighted by atomic mass is 16.5. The lowest BCUT2D eigenvalue weighted by atomic mass is 10.2. The Hall–Kier alpha value is -2.95. The summed E-state index contributed by atoms with van der Waals surface area (Å²) in [5, 5.41) is 4.17. The number of nitrogens with one attached hydrogen (secondary N) is 1. The molecule has 0 fully saturated rings. The highest BCUT2D eigenvalue weighted by Gasteiger charge is 2.16. The van der Waals surface area contributed by atoms with Gasteiger partial charge >= 0.3 is 5.97 Å². The monoisotopic (exact) mass is 309 g/mol. The molecule has 0 aliphatic heterocycles. The molecule has 0 spiro atoms. The average molecular weight is 309 g/mol. The third-order valence-electron chi connectivity index (χ3n) is 2.94. The molecule has 0 aliphatic carbocycles. The van der Waals surface area contributed by atoms with E-state index in [4.69, 9.17) is 4.74 Å². The van der Waals surface area contributed by atoms with E-state index in [2.05, 4.69) is 15.5 Å². The van der Waals surface area contributed by atoms with Gasteiger partial charge in [0.25, 0.3) is 0 Å². The van der Waals surface area contributed by atoms with Gasteiger partial charge in [-0.05, 0) is 38.1 Å². The number of carbonyl (C=O) groups excluding carboxylic acids is 1. The second-order valence-electron chi connectivity index (χ2n) is 4.69. The van der Waals surface area contributed by atoms with Gasteiger partial charge in [-0.15, -0.1) is 0 Å². The number of hydrogen-bond donors (Lipinski definition) is 1. The lowest BCUT2D eigenvalue weighted by molar-refractivity contribution is -0.134. The molecule has 23 heavy (non-hydrogen) atoms. The number of nitrogens with zero attached hydrogens (tertiary/aromatic N) is 2. The molecule has 5 heteroatoms. The lowest BCUT2D eigenvalue weighted by Gasteiger charge is -2.07. The van der Waals surface area contributed by atoms with Crippen LogP contribution in [-0.2, 0) is 9.53 Å². The van der Waals surface area contributed by atoms with Crippen LogP contribution in [-0.4, -0.2) is 24.0 Å². The molecule has 0 saturated heterocycles. The summed E-state index contributed by atoms with van der Waals surface area (Å²) in [7, 11) is 0. The Kier molecular flexibility index (Phi) is 6.06. The second-order valence-corrected chi connectivity index (χ2v) is 4.69. The summed E-state index contributed by atoms with van der Waals surface area (Å²) in [6.45, 7) is 3.76. The van der Waals surface area contributed by atoms with Gasteiger partial charge < -0.3 is 4.74 Å². The van der Waals surface area contributed by atoms with Crippen molar-refractivity contribution >= 4 is 28.8 Å². The molecular weight excluding hydrogens is 290 g/mol. The quantitative estimate of drug-likeness (QED) is 0.501. The fraction of sp³-hybridized carbons (Fsp3) is 0.167. The summed E-state index contributed by atoms with van der Waals surface area (Å²) >= 11 is 0. The van der Waals surface area contributed by atoms with Crippen molar-refractivity contribution in [1.82, 2.24) is 0 Å². The van der Waals surface area contributed by atoms with Gasteiger partial charge in [0.15, 0.2) is 5.71 Å². The van der Waals surface area contributed by atoms with E-state index in [0.29, 0.717) is 5.71 Å². The van der Waals surface area contributed by atoms with Crippen LogP contribution in [0, 0.1) is 0 Å². The smallest absolute Gasteiger partial charge is 0.360 e. The number of anilines is 1. The largest absolute Gasteiger partial charge is 0.461 e. The first-order valence-corrected chi connectivity index (χ1v) is 7.37. The molecule has 0 heterocycles. The number of para-hydroxylation sites is 2. The van der Waals surface area contributed by atoms with Gasteiger partial charge in [0.1, 0.15) is 0 Å². The summed E-state index contributed by atoms with van der Waals surface area (Å²) in [5.41, 5.74) is 5.02. The van der Waals surface area contributed by atoms with Crippen LogP contribution in [0.4, 0.5) is 11.4 Å². The molecular formula is C18H19N3O2. The Bertz CT molecular complexity index is 695. The van der Waals surface area contributed by atoms with E-state index in [-0.39, 0.29) is 12.3 Å².